The molecule has 3 aromatic rings. The second kappa shape index (κ2) is 5.18. The van der Waals surface area contributed by atoms with Crippen LogP contribution in [-0.2, 0) is 7.05 Å². The number of nitrogens with zero attached hydrogens (tertiary/aromatic N) is 2. The van der Waals surface area contributed by atoms with E-state index in [4.69, 9.17) is 26.5 Å². The summed E-state index contributed by atoms with van der Waals surface area (Å²) < 4.78 is 12.2. The van der Waals surface area contributed by atoms with E-state index in [-0.39, 0.29) is 0 Å². The molecule has 0 bridgehead atoms. The molecule has 6 heteroatoms. The Morgan fingerprint density at radius 3 is 2.48 bits per heavy atom. The molecule has 0 spiro atoms. The molecule has 21 heavy (non-hydrogen) atoms. The summed E-state index contributed by atoms with van der Waals surface area (Å²) in [5, 5.41) is 4.74. The van der Waals surface area contributed by atoms with E-state index in [0.29, 0.717) is 22.5 Å². The average molecular weight is 304 g/mol. The predicted octanol–water partition coefficient (Wildman–Crippen LogP) is 3.59. The van der Waals surface area contributed by atoms with Gasteiger partial charge >= 0.3 is 0 Å². The number of ether oxygens (including phenoxy) is 1. The van der Waals surface area contributed by atoms with Crippen LogP contribution < -0.4 is 10.5 Å². The maximum atomic E-state index is 6.14. The summed E-state index contributed by atoms with van der Waals surface area (Å²) in [5.74, 6) is 1.92. The van der Waals surface area contributed by atoms with Crippen LogP contribution in [-0.4, -0.2) is 16.9 Å². The fourth-order valence-corrected chi connectivity index (χ4v) is 2.34. The third-order valence-corrected chi connectivity index (χ3v) is 3.48. The Kier molecular flexibility index (Phi) is 3.35. The lowest BCUT2D eigenvalue weighted by Gasteiger charge is -2.04. The van der Waals surface area contributed by atoms with Crippen molar-refractivity contribution in [3.8, 4) is 28.3 Å². The number of nitrogen functional groups attached to an aromatic ring is 1. The van der Waals surface area contributed by atoms with Crippen LogP contribution >= 0.6 is 11.6 Å². The highest BCUT2D eigenvalue weighted by atomic mass is 35.5. The Hall–Kier alpha value is -2.40. The molecule has 0 unspecified atom stereocenters. The first-order valence-electron chi connectivity index (χ1n) is 6.32. The molecule has 2 heterocycles. The Morgan fingerprint density at radius 1 is 1.19 bits per heavy atom. The quantitative estimate of drug-likeness (QED) is 0.803. The molecule has 2 aromatic heterocycles. The van der Waals surface area contributed by atoms with Crippen LogP contribution in [0.4, 0.5) is 5.82 Å². The van der Waals surface area contributed by atoms with Gasteiger partial charge in [0.25, 0.3) is 0 Å². The molecule has 0 amide bonds. The normalized spacial score (nSPS) is 10.8. The minimum absolute atomic E-state index is 0.315. The highest BCUT2D eigenvalue weighted by molar-refractivity contribution is 6.29. The fourth-order valence-electron chi connectivity index (χ4n) is 2.19. The van der Waals surface area contributed by atoms with Crippen molar-refractivity contribution >= 4 is 17.4 Å². The summed E-state index contributed by atoms with van der Waals surface area (Å²) in [6.45, 7) is 0. The molecule has 3 rings (SSSR count). The number of aryl methyl sites for hydroxylation is 1. The Balaban J connectivity index is 2.16. The molecule has 2 N–H and O–H groups in total. The van der Waals surface area contributed by atoms with Gasteiger partial charge in [-0.15, -0.1) is 0 Å². The Morgan fingerprint density at radius 2 is 1.90 bits per heavy atom. The van der Waals surface area contributed by atoms with Gasteiger partial charge in [0.2, 0.25) is 0 Å². The van der Waals surface area contributed by atoms with Crippen LogP contribution in [0.5, 0.6) is 5.75 Å². The molecule has 108 valence electrons. The molecule has 0 saturated heterocycles. The molecule has 0 saturated carbocycles. The number of hydrogen-bond acceptors (Lipinski definition) is 4. The SMILES string of the molecule is COc1ccc(-c2c(-c3ccc(Cl)o3)nn(C)c2N)cc1. The van der Waals surface area contributed by atoms with Crippen molar-refractivity contribution in [2.75, 3.05) is 12.8 Å². The molecular weight excluding hydrogens is 290 g/mol. The minimum atomic E-state index is 0.315. The number of anilines is 1. The highest BCUT2D eigenvalue weighted by Gasteiger charge is 2.19. The zero-order valence-corrected chi connectivity index (χ0v) is 12.4. The highest BCUT2D eigenvalue weighted by Crippen LogP contribution is 2.37. The van der Waals surface area contributed by atoms with Crippen molar-refractivity contribution in [2.24, 2.45) is 7.05 Å². The monoisotopic (exact) mass is 303 g/mol. The molecular formula is C15H14ClN3O2. The van der Waals surface area contributed by atoms with Gasteiger partial charge in [-0.2, -0.15) is 5.10 Å². The lowest BCUT2D eigenvalue weighted by molar-refractivity contribution is 0.415. The van der Waals surface area contributed by atoms with Crippen molar-refractivity contribution in [2.45, 2.75) is 0 Å². The van der Waals surface area contributed by atoms with Crippen molar-refractivity contribution in [1.29, 1.82) is 0 Å². The van der Waals surface area contributed by atoms with Gasteiger partial charge < -0.3 is 14.9 Å². The van der Waals surface area contributed by atoms with Crippen LogP contribution in [0.3, 0.4) is 0 Å². The Bertz CT molecular complexity index is 775. The minimum Gasteiger partial charge on any atom is -0.497 e. The molecule has 5 nitrogen and oxygen atoms in total. The predicted molar refractivity (Wildman–Crippen MR) is 82.3 cm³/mol. The van der Waals surface area contributed by atoms with Gasteiger partial charge in [0.05, 0.1) is 12.7 Å². The summed E-state index contributed by atoms with van der Waals surface area (Å²) in [6.07, 6.45) is 0. The van der Waals surface area contributed by atoms with E-state index in [1.165, 1.54) is 0 Å². The summed E-state index contributed by atoms with van der Waals surface area (Å²) in [4.78, 5) is 0. The molecule has 0 aliphatic carbocycles. The number of nitrogens with two attached hydrogens (primary N) is 1. The van der Waals surface area contributed by atoms with Crippen LogP contribution in [0.1, 0.15) is 0 Å². The average Bonchev–Trinajstić information content (AvgIpc) is 3.04. The smallest absolute Gasteiger partial charge is 0.194 e. The van der Waals surface area contributed by atoms with E-state index in [1.54, 1.807) is 31.0 Å². The number of rotatable bonds is 3. The van der Waals surface area contributed by atoms with Crippen molar-refractivity contribution in [3.63, 3.8) is 0 Å². The fraction of sp³-hybridized carbons (Fsp3) is 0.133. The first-order chi connectivity index (χ1) is 10.1. The second-order valence-electron chi connectivity index (χ2n) is 4.56. The standard InChI is InChI=1S/C15H14ClN3O2/c1-19-15(17)13(9-3-5-10(20-2)6-4-9)14(18-19)11-7-8-12(16)21-11/h3-8H,17H2,1-2H3. The first kappa shape index (κ1) is 13.6. The topological polar surface area (TPSA) is 66.2 Å². The molecule has 0 atom stereocenters. The molecule has 1 aromatic carbocycles. The van der Waals surface area contributed by atoms with E-state index in [0.717, 1.165) is 16.9 Å². The zero-order valence-electron chi connectivity index (χ0n) is 11.6. The van der Waals surface area contributed by atoms with Crippen molar-refractivity contribution < 1.29 is 9.15 Å². The van der Waals surface area contributed by atoms with Crippen LogP contribution in [0, 0.1) is 0 Å². The lowest BCUT2D eigenvalue weighted by Crippen LogP contribution is -1.98. The third kappa shape index (κ3) is 2.36. The zero-order chi connectivity index (χ0) is 15.0. The summed E-state index contributed by atoms with van der Waals surface area (Å²) >= 11 is 5.85. The van der Waals surface area contributed by atoms with E-state index in [1.807, 2.05) is 24.3 Å². The van der Waals surface area contributed by atoms with Crippen LogP contribution in [0.15, 0.2) is 40.8 Å². The first-order valence-corrected chi connectivity index (χ1v) is 6.70. The number of furan rings is 1. The maximum Gasteiger partial charge on any atom is 0.194 e. The number of methoxy groups -OCH3 is 1. The van der Waals surface area contributed by atoms with Gasteiger partial charge in [-0.05, 0) is 41.4 Å². The molecule has 0 radical (unpaired) electrons. The van der Waals surface area contributed by atoms with Gasteiger partial charge in [-0.1, -0.05) is 12.1 Å². The second-order valence-corrected chi connectivity index (χ2v) is 4.94. The molecule has 0 fully saturated rings. The van der Waals surface area contributed by atoms with Gasteiger partial charge in [-0.3, -0.25) is 4.68 Å². The largest absolute Gasteiger partial charge is 0.497 e. The van der Waals surface area contributed by atoms with Gasteiger partial charge in [-0.25, -0.2) is 0 Å². The lowest BCUT2D eigenvalue weighted by atomic mass is 10.0. The summed E-state index contributed by atoms with van der Waals surface area (Å²) in [7, 11) is 3.42. The van der Waals surface area contributed by atoms with E-state index in [9.17, 15) is 0 Å². The summed E-state index contributed by atoms with van der Waals surface area (Å²) in [5.41, 5.74) is 8.55. The van der Waals surface area contributed by atoms with Gasteiger partial charge in [0.15, 0.2) is 11.0 Å². The maximum absolute atomic E-state index is 6.14. The van der Waals surface area contributed by atoms with E-state index >= 15 is 0 Å². The number of benzene rings is 1. The van der Waals surface area contributed by atoms with E-state index in [2.05, 4.69) is 5.10 Å². The Labute approximate surface area is 126 Å². The van der Waals surface area contributed by atoms with Crippen molar-refractivity contribution in [3.05, 3.63) is 41.6 Å². The van der Waals surface area contributed by atoms with E-state index < -0.39 is 0 Å². The van der Waals surface area contributed by atoms with Crippen LogP contribution in [0.2, 0.25) is 5.22 Å². The summed E-state index contributed by atoms with van der Waals surface area (Å²) in [6, 6.07) is 11.1. The number of halogens is 1. The molecule has 0 aliphatic heterocycles. The van der Waals surface area contributed by atoms with Gasteiger partial charge in [0, 0.05) is 7.05 Å². The number of hydrogen-bond donors (Lipinski definition) is 1. The van der Waals surface area contributed by atoms with Crippen molar-refractivity contribution in [1.82, 2.24) is 9.78 Å². The van der Waals surface area contributed by atoms with Gasteiger partial charge in [0.1, 0.15) is 17.3 Å². The number of aromatic nitrogens is 2. The third-order valence-electron chi connectivity index (χ3n) is 3.28. The molecule has 0 aliphatic rings. The van der Waals surface area contributed by atoms with Crippen LogP contribution in [0.25, 0.3) is 22.6 Å².